The van der Waals surface area contributed by atoms with Gasteiger partial charge in [0.15, 0.2) is 0 Å². The van der Waals surface area contributed by atoms with Crippen molar-refractivity contribution < 1.29 is 0 Å². The molecule has 4 aromatic carbocycles. The minimum atomic E-state index is 1.01. The van der Waals surface area contributed by atoms with Crippen molar-refractivity contribution in [2.75, 3.05) is 9.80 Å². The first kappa shape index (κ1) is 23.9. The highest BCUT2D eigenvalue weighted by Crippen LogP contribution is 2.45. The summed E-state index contributed by atoms with van der Waals surface area (Å²) in [7, 11) is 0. The molecule has 1 aliphatic carbocycles. The minimum Gasteiger partial charge on any atom is -0.309 e. The van der Waals surface area contributed by atoms with Crippen LogP contribution < -0.4 is 9.80 Å². The van der Waals surface area contributed by atoms with Crippen LogP contribution in [0.15, 0.2) is 146 Å². The molecule has 0 aliphatic heterocycles. The van der Waals surface area contributed by atoms with E-state index in [9.17, 15) is 0 Å². The monoisotopic (exact) mass is 516 g/mol. The molecule has 0 amide bonds. The van der Waals surface area contributed by atoms with Crippen molar-refractivity contribution in [1.82, 2.24) is 9.97 Å². The summed E-state index contributed by atoms with van der Waals surface area (Å²) in [6.45, 7) is 0. The van der Waals surface area contributed by atoms with Gasteiger partial charge in [-0.3, -0.25) is 9.97 Å². The number of pyridine rings is 2. The van der Waals surface area contributed by atoms with Crippen LogP contribution >= 0.6 is 0 Å². The van der Waals surface area contributed by atoms with E-state index in [2.05, 4.69) is 123 Å². The van der Waals surface area contributed by atoms with Gasteiger partial charge in [-0.15, -0.1) is 0 Å². The van der Waals surface area contributed by atoms with Crippen LogP contribution in [0, 0.1) is 0 Å². The van der Waals surface area contributed by atoms with E-state index in [4.69, 9.17) is 0 Å². The molecule has 0 N–H and O–H groups in total. The Morgan fingerprint density at radius 3 is 1.62 bits per heavy atom. The summed E-state index contributed by atoms with van der Waals surface area (Å²) in [5.74, 6) is 0. The summed E-state index contributed by atoms with van der Waals surface area (Å²) in [6, 6.07) is 42.8. The Labute approximate surface area is 234 Å². The second kappa shape index (κ2) is 10.5. The first-order valence-corrected chi connectivity index (χ1v) is 13.6. The molecule has 0 fully saturated rings. The minimum absolute atomic E-state index is 1.01. The van der Waals surface area contributed by atoms with Gasteiger partial charge in [-0.05, 0) is 96.3 Å². The molecule has 2 heterocycles. The molecule has 0 saturated carbocycles. The zero-order chi connectivity index (χ0) is 26.7. The van der Waals surface area contributed by atoms with E-state index in [-0.39, 0.29) is 0 Å². The van der Waals surface area contributed by atoms with Gasteiger partial charge in [0.05, 0.1) is 29.5 Å². The highest BCUT2D eigenvalue weighted by atomic mass is 15.2. The van der Waals surface area contributed by atoms with E-state index in [1.54, 1.807) is 0 Å². The van der Waals surface area contributed by atoms with Crippen LogP contribution in [-0.2, 0) is 12.8 Å². The van der Waals surface area contributed by atoms with Gasteiger partial charge in [0.1, 0.15) is 0 Å². The predicted octanol–water partition coefficient (Wildman–Crippen LogP) is 9.18. The third kappa shape index (κ3) is 4.50. The van der Waals surface area contributed by atoms with Crippen molar-refractivity contribution in [3.8, 4) is 11.1 Å². The highest BCUT2D eigenvalue weighted by molar-refractivity contribution is 5.91. The number of aromatic nitrogens is 2. The SMILES string of the molecule is c1ccc(N(c2cccnc2)c2ccc(N(c3ccccc3)c3cccnc3)c(-c3ccc4c(c3)CC4)c2)cc1. The van der Waals surface area contributed by atoms with Gasteiger partial charge in [-0.1, -0.05) is 54.6 Å². The fraction of sp³-hybridized carbons (Fsp3) is 0.0556. The van der Waals surface area contributed by atoms with Crippen LogP contribution in [0.1, 0.15) is 11.1 Å². The van der Waals surface area contributed by atoms with Crippen molar-refractivity contribution in [2.24, 2.45) is 0 Å². The van der Waals surface area contributed by atoms with Gasteiger partial charge < -0.3 is 9.80 Å². The van der Waals surface area contributed by atoms with Gasteiger partial charge >= 0.3 is 0 Å². The third-order valence-corrected chi connectivity index (χ3v) is 7.50. The molecule has 1 aliphatic rings. The van der Waals surface area contributed by atoms with E-state index in [0.29, 0.717) is 0 Å². The lowest BCUT2D eigenvalue weighted by molar-refractivity contribution is 0.840. The molecule has 0 bridgehead atoms. The highest BCUT2D eigenvalue weighted by Gasteiger charge is 2.22. The molecule has 4 heteroatoms. The third-order valence-electron chi connectivity index (χ3n) is 7.50. The maximum Gasteiger partial charge on any atom is 0.0645 e. The number of hydrogen-bond donors (Lipinski definition) is 0. The maximum atomic E-state index is 4.46. The van der Waals surface area contributed by atoms with Crippen LogP contribution in [0.2, 0.25) is 0 Å². The van der Waals surface area contributed by atoms with Crippen LogP contribution in [0.5, 0.6) is 0 Å². The molecule has 7 rings (SSSR count). The Kier molecular flexibility index (Phi) is 6.27. The van der Waals surface area contributed by atoms with Crippen molar-refractivity contribution in [3.63, 3.8) is 0 Å². The van der Waals surface area contributed by atoms with Gasteiger partial charge in [0.2, 0.25) is 0 Å². The number of anilines is 6. The van der Waals surface area contributed by atoms with Crippen LogP contribution in [0.25, 0.3) is 11.1 Å². The molecule has 0 unspecified atom stereocenters. The molecule has 0 saturated heterocycles. The van der Waals surface area contributed by atoms with E-state index in [0.717, 1.165) is 52.5 Å². The number of rotatable bonds is 7. The van der Waals surface area contributed by atoms with Gasteiger partial charge in [0, 0.05) is 35.0 Å². The summed E-state index contributed by atoms with van der Waals surface area (Å²) >= 11 is 0. The number of para-hydroxylation sites is 2. The Morgan fingerprint density at radius 1 is 0.450 bits per heavy atom. The standard InChI is InChI=1S/C36H28N4/c1-3-9-30(10-4-1)39(33-13-7-21-37-25-33)32-19-20-36(35(24-32)29-18-16-27-15-17-28(27)23-29)40(31-11-5-2-6-12-31)34-14-8-22-38-26-34/h1-14,16,18-26H,15,17H2. The molecule has 2 aromatic heterocycles. The van der Waals surface area contributed by atoms with Crippen molar-refractivity contribution in [2.45, 2.75) is 12.8 Å². The Hall–Kier alpha value is -5.22. The second-order valence-electron chi connectivity index (χ2n) is 9.95. The smallest absolute Gasteiger partial charge is 0.0645 e. The topological polar surface area (TPSA) is 32.3 Å². The summed E-state index contributed by atoms with van der Waals surface area (Å²) in [5, 5.41) is 0. The van der Waals surface area contributed by atoms with Gasteiger partial charge in [-0.25, -0.2) is 0 Å². The lowest BCUT2D eigenvalue weighted by Crippen LogP contribution is -2.14. The molecule has 6 aromatic rings. The average molecular weight is 517 g/mol. The number of aryl methyl sites for hydroxylation is 2. The van der Waals surface area contributed by atoms with E-state index in [1.807, 2.05) is 43.0 Å². The fourth-order valence-corrected chi connectivity index (χ4v) is 5.45. The lowest BCUT2D eigenvalue weighted by atomic mass is 9.85. The second-order valence-corrected chi connectivity index (χ2v) is 9.95. The van der Waals surface area contributed by atoms with Gasteiger partial charge in [0.25, 0.3) is 0 Å². The van der Waals surface area contributed by atoms with E-state index >= 15 is 0 Å². The Balaban J connectivity index is 1.46. The van der Waals surface area contributed by atoms with Gasteiger partial charge in [-0.2, -0.15) is 0 Å². The largest absolute Gasteiger partial charge is 0.309 e. The molecule has 0 radical (unpaired) electrons. The first-order chi connectivity index (χ1) is 19.8. The molecule has 0 spiro atoms. The lowest BCUT2D eigenvalue weighted by Gasteiger charge is -2.30. The molecule has 192 valence electrons. The molecular formula is C36H28N4. The molecule has 0 atom stereocenters. The summed E-state index contributed by atoms with van der Waals surface area (Å²) in [4.78, 5) is 13.5. The normalized spacial score (nSPS) is 11.8. The van der Waals surface area contributed by atoms with Crippen molar-refractivity contribution in [3.05, 3.63) is 157 Å². The Morgan fingerprint density at radius 2 is 1.05 bits per heavy atom. The Bertz CT molecular complexity index is 1660. The quantitative estimate of drug-likeness (QED) is 0.212. The predicted molar refractivity (Wildman–Crippen MR) is 164 cm³/mol. The fourth-order valence-electron chi connectivity index (χ4n) is 5.45. The maximum absolute atomic E-state index is 4.46. The number of nitrogens with zero attached hydrogens (tertiary/aromatic N) is 4. The van der Waals surface area contributed by atoms with Crippen LogP contribution in [0.4, 0.5) is 34.1 Å². The van der Waals surface area contributed by atoms with Crippen molar-refractivity contribution >= 4 is 34.1 Å². The van der Waals surface area contributed by atoms with Crippen LogP contribution in [0.3, 0.4) is 0 Å². The average Bonchev–Trinajstić information content (AvgIpc) is 3.01. The number of hydrogen-bond acceptors (Lipinski definition) is 4. The van der Waals surface area contributed by atoms with Crippen molar-refractivity contribution in [1.29, 1.82) is 0 Å². The number of benzene rings is 4. The molecular weight excluding hydrogens is 488 g/mol. The molecule has 4 nitrogen and oxygen atoms in total. The zero-order valence-corrected chi connectivity index (χ0v) is 22.1. The van der Waals surface area contributed by atoms with E-state index in [1.165, 1.54) is 16.7 Å². The van der Waals surface area contributed by atoms with Crippen LogP contribution in [-0.4, -0.2) is 9.97 Å². The summed E-state index contributed by atoms with van der Waals surface area (Å²) in [6.07, 6.45) is 9.77. The summed E-state index contributed by atoms with van der Waals surface area (Å²) in [5.41, 5.74) is 11.6. The summed E-state index contributed by atoms with van der Waals surface area (Å²) < 4.78 is 0. The van der Waals surface area contributed by atoms with E-state index < -0.39 is 0 Å². The molecule has 40 heavy (non-hydrogen) atoms. The zero-order valence-electron chi connectivity index (χ0n) is 22.1. The first-order valence-electron chi connectivity index (χ1n) is 13.6. The number of fused-ring (bicyclic) bond motifs is 1.